The Bertz CT molecular complexity index is 466. The van der Waals surface area contributed by atoms with Gasteiger partial charge >= 0.3 is 6.18 Å². The number of carbonyl (C=O) groups excluding carboxylic acids is 1. The van der Waals surface area contributed by atoms with Crippen LogP contribution in [0.15, 0.2) is 24.3 Å². The van der Waals surface area contributed by atoms with E-state index in [0.29, 0.717) is 13.0 Å². The molecule has 1 aromatic carbocycles. The lowest BCUT2D eigenvalue weighted by Gasteiger charge is -2.23. The van der Waals surface area contributed by atoms with E-state index in [-0.39, 0.29) is 12.2 Å². The van der Waals surface area contributed by atoms with Crippen LogP contribution in [-0.4, -0.2) is 38.4 Å². The molecule has 1 rings (SSSR count). The van der Waals surface area contributed by atoms with E-state index in [9.17, 15) is 22.4 Å². The predicted octanol–water partition coefficient (Wildman–Crippen LogP) is 2.09. The minimum Gasteiger partial charge on any atom is -0.362 e. The van der Waals surface area contributed by atoms with E-state index in [0.717, 1.165) is 11.0 Å². The Morgan fingerprint density at radius 3 is 2.62 bits per heavy atom. The first-order valence-corrected chi connectivity index (χ1v) is 6.24. The zero-order valence-corrected chi connectivity index (χ0v) is 11.2. The summed E-state index contributed by atoms with van der Waals surface area (Å²) in [6.07, 6.45) is -4.07. The highest BCUT2D eigenvalue weighted by Crippen LogP contribution is 2.17. The van der Waals surface area contributed by atoms with E-state index in [1.165, 1.54) is 18.2 Å². The van der Waals surface area contributed by atoms with E-state index in [4.69, 9.17) is 5.73 Å². The molecule has 0 aromatic heterocycles. The third-order valence-electron chi connectivity index (χ3n) is 2.50. The smallest absolute Gasteiger partial charge is 0.362 e. The first-order chi connectivity index (χ1) is 9.83. The summed E-state index contributed by atoms with van der Waals surface area (Å²) in [4.78, 5) is 13.1. The van der Waals surface area contributed by atoms with Gasteiger partial charge in [0, 0.05) is 12.2 Å². The molecule has 0 bridgehead atoms. The van der Waals surface area contributed by atoms with Crippen LogP contribution in [0.4, 0.5) is 23.2 Å². The van der Waals surface area contributed by atoms with Gasteiger partial charge in [-0.25, -0.2) is 4.39 Å². The standard InChI is InChI=1S/C13H16F4N2O2/c14-10-3-1-4-11(7-10)19(6-2-5-18)12(20)8-21-9-13(15,16)17/h1,3-4,7H,2,5-6,8-9,18H2. The second-order valence-electron chi connectivity index (χ2n) is 4.28. The topological polar surface area (TPSA) is 55.6 Å². The summed E-state index contributed by atoms with van der Waals surface area (Å²) in [7, 11) is 0. The largest absolute Gasteiger partial charge is 0.411 e. The lowest BCUT2D eigenvalue weighted by atomic mass is 10.2. The van der Waals surface area contributed by atoms with Crippen LogP contribution in [0.2, 0.25) is 0 Å². The predicted molar refractivity (Wildman–Crippen MR) is 69.3 cm³/mol. The molecule has 118 valence electrons. The minimum atomic E-state index is -4.50. The van der Waals surface area contributed by atoms with Gasteiger partial charge in [-0.3, -0.25) is 4.79 Å². The molecule has 4 nitrogen and oxygen atoms in total. The first-order valence-electron chi connectivity index (χ1n) is 6.24. The molecule has 0 saturated heterocycles. The van der Waals surface area contributed by atoms with E-state index < -0.39 is 31.1 Å². The van der Waals surface area contributed by atoms with Crippen molar-refractivity contribution in [3.63, 3.8) is 0 Å². The molecule has 0 heterocycles. The van der Waals surface area contributed by atoms with Crippen LogP contribution in [0.1, 0.15) is 6.42 Å². The lowest BCUT2D eigenvalue weighted by Crippen LogP contribution is -2.36. The molecular formula is C13H16F4N2O2. The molecule has 1 aromatic rings. The summed E-state index contributed by atoms with van der Waals surface area (Å²) < 4.78 is 53.4. The second-order valence-corrected chi connectivity index (χ2v) is 4.28. The number of hydrogen-bond donors (Lipinski definition) is 1. The van der Waals surface area contributed by atoms with Crippen LogP contribution >= 0.6 is 0 Å². The van der Waals surface area contributed by atoms with Gasteiger partial charge in [0.15, 0.2) is 0 Å². The van der Waals surface area contributed by atoms with Gasteiger partial charge in [0.2, 0.25) is 0 Å². The maximum absolute atomic E-state index is 13.2. The van der Waals surface area contributed by atoms with Crippen molar-refractivity contribution in [2.24, 2.45) is 5.73 Å². The molecule has 0 aliphatic carbocycles. The van der Waals surface area contributed by atoms with Crippen LogP contribution in [0.25, 0.3) is 0 Å². The maximum atomic E-state index is 13.2. The van der Waals surface area contributed by atoms with Gasteiger partial charge in [0.1, 0.15) is 19.0 Å². The molecule has 0 radical (unpaired) electrons. The molecular weight excluding hydrogens is 292 g/mol. The Morgan fingerprint density at radius 2 is 2.05 bits per heavy atom. The van der Waals surface area contributed by atoms with Gasteiger partial charge in [-0.15, -0.1) is 0 Å². The number of carbonyl (C=O) groups is 1. The fourth-order valence-electron chi connectivity index (χ4n) is 1.62. The van der Waals surface area contributed by atoms with Crippen LogP contribution < -0.4 is 10.6 Å². The third-order valence-corrected chi connectivity index (χ3v) is 2.50. The summed E-state index contributed by atoms with van der Waals surface area (Å²) in [6.45, 7) is -1.77. The number of alkyl halides is 3. The van der Waals surface area contributed by atoms with Crippen molar-refractivity contribution in [3.8, 4) is 0 Å². The van der Waals surface area contributed by atoms with Crippen molar-refractivity contribution >= 4 is 11.6 Å². The summed E-state index contributed by atoms with van der Waals surface area (Å²) in [5.74, 6) is -1.23. The van der Waals surface area contributed by atoms with Gasteiger partial charge in [0.25, 0.3) is 5.91 Å². The molecule has 0 aliphatic heterocycles. The zero-order valence-electron chi connectivity index (χ0n) is 11.2. The van der Waals surface area contributed by atoms with Crippen LogP contribution in [0.3, 0.4) is 0 Å². The Morgan fingerprint density at radius 1 is 1.33 bits per heavy atom. The monoisotopic (exact) mass is 308 g/mol. The van der Waals surface area contributed by atoms with Crippen LogP contribution in [-0.2, 0) is 9.53 Å². The van der Waals surface area contributed by atoms with E-state index in [1.54, 1.807) is 0 Å². The van der Waals surface area contributed by atoms with Crippen molar-refractivity contribution in [1.82, 2.24) is 0 Å². The molecule has 0 atom stereocenters. The van der Waals surface area contributed by atoms with Gasteiger partial charge in [0.05, 0.1) is 0 Å². The number of amides is 1. The fraction of sp³-hybridized carbons (Fsp3) is 0.462. The number of nitrogens with zero attached hydrogens (tertiary/aromatic N) is 1. The van der Waals surface area contributed by atoms with Gasteiger partial charge in [-0.1, -0.05) is 6.07 Å². The van der Waals surface area contributed by atoms with E-state index >= 15 is 0 Å². The van der Waals surface area contributed by atoms with Gasteiger partial charge in [-0.2, -0.15) is 13.2 Å². The van der Waals surface area contributed by atoms with Crippen molar-refractivity contribution in [2.45, 2.75) is 12.6 Å². The van der Waals surface area contributed by atoms with Crippen molar-refractivity contribution < 1.29 is 27.1 Å². The molecule has 2 N–H and O–H groups in total. The summed E-state index contributed by atoms with van der Waals surface area (Å²) >= 11 is 0. The third kappa shape index (κ3) is 6.54. The molecule has 0 fully saturated rings. The SMILES string of the molecule is NCCCN(C(=O)COCC(F)(F)F)c1cccc(F)c1. The second kappa shape index (κ2) is 7.94. The number of hydrogen-bond acceptors (Lipinski definition) is 3. The molecule has 0 aliphatic rings. The average molecular weight is 308 g/mol. The number of ether oxygens (including phenoxy) is 1. The summed E-state index contributed by atoms with van der Waals surface area (Å²) in [5.41, 5.74) is 5.60. The summed E-state index contributed by atoms with van der Waals surface area (Å²) in [5, 5.41) is 0. The fourth-order valence-corrected chi connectivity index (χ4v) is 1.62. The van der Waals surface area contributed by atoms with E-state index in [2.05, 4.69) is 4.74 Å². The first kappa shape index (κ1) is 17.4. The molecule has 8 heteroatoms. The quantitative estimate of drug-likeness (QED) is 0.785. The van der Waals surface area contributed by atoms with Crippen molar-refractivity contribution in [2.75, 3.05) is 31.2 Å². The number of nitrogens with two attached hydrogens (primary N) is 1. The normalized spacial score (nSPS) is 11.5. The van der Waals surface area contributed by atoms with Gasteiger partial charge in [-0.05, 0) is 31.2 Å². The molecule has 0 saturated carbocycles. The van der Waals surface area contributed by atoms with Gasteiger partial charge < -0.3 is 15.4 Å². The average Bonchev–Trinajstić information content (AvgIpc) is 2.37. The Kier molecular flexibility index (Phi) is 6.57. The highest BCUT2D eigenvalue weighted by molar-refractivity contribution is 5.94. The number of benzene rings is 1. The molecule has 0 unspecified atom stereocenters. The highest BCUT2D eigenvalue weighted by Gasteiger charge is 2.28. The minimum absolute atomic E-state index is 0.175. The maximum Gasteiger partial charge on any atom is 0.411 e. The van der Waals surface area contributed by atoms with Crippen molar-refractivity contribution in [1.29, 1.82) is 0 Å². The number of anilines is 1. The van der Waals surface area contributed by atoms with Crippen LogP contribution in [0, 0.1) is 5.82 Å². The zero-order chi connectivity index (χ0) is 15.9. The Balaban J connectivity index is 2.70. The Labute approximate surface area is 119 Å². The van der Waals surface area contributed by atoms with Crippen molar-refractivity contribution in [3.05, 3.63) is 30.1 Å². The van der Waals surface area contributed by atoms with E-state index in [1.807, 2.05) is 0 Å². The summed E-state index contributed by atoms with van der Waals surface area (Å²) in [6, 6.07) is 5.22. The molecule has 1 amide bonds. The number of rotatable bonds is 7. The van der Waals surface area contributed by atoms with Crippen LogP contribution in [0.5, 0.6) is 0 Å². The molecule has 0 spiro atoms. The lowest BCUT2D eigenvalue weighted by molar-refractivity contribution is -0.175. The number of halogens is 4. The Hall–Kier alpha value is -1.67. The molecule has 21 heavy (non-hydrogen) atoms. The highest BCUT2D eigenvalue weighted by atomic mass is 19.4.